The zero-order valence-corrected chi connectivity index (χ0v) is 8.55. The predicted molar refractivity (Wildman–Crippen MR) is 52.7 cm³/mol. The first kappa shape index (κ1) is 13.8. The van der Waals surface area contributed by atoms with Crippen molar-refractivity contribution in [1.29, 1.82) is 0 Å². The molecule has 0 saturated carbocycles. The Morgan fingerprint density at radius 3 is 2.11 bits per heavy atom. The second-order valence-electron chi connectivity index (χ2n) is 3.28. The maximum Gasteiger partial charge on any atom is 0.407 e. The van der Waals surface area contributed by atoms with Crippen molar-refractivity contribution in [2.24, 2.45) is 5.73 Å². The van der Waals surface area contributed by atoms with Crippen LogP contribution in [0.3, 0.4) is 0 Å². The lowest BCUT2D eigenvalue weighted by Gasteiger charge is -2.15. The van der Waals surface area contributed by atoms with Crippen molar-refractivity contribution < 1.29 is 23.0 Å². The predicted octanol–water partition coefficient (Wildman–Crippen LogP) is 2.07. The number of rotatable bonds is 3. The highest BCUT2D eigenvalue weighted by Crippen LogP contribution is 2.36. The molecule has 0 fully saturated rings. The van der Waals surface area contributed by atoms with Crippen LogP contribution < -0.4 is 5.73 Å². The minimum atomic E-state index is -4.93. The second kappa shape index (κ2) is 4.56. The van der Waals surface area contributed by atoms with Crippen LogP contribution in [0.1, 0.15) is 11.6 Å². The van der Waals surface area contributed by atoms with Gasteiger partial charge in [-0.1, -0.05) is 0 Å². The molecule has 0 radical (unpaired) electrons. The van der Waals surface area contributed by atoms with Crippen molar-refractivity contribution in [2.45, 2.75) is 12.2 Å². The summed E-state index contributed by atoms with van der Waals surface area (Å²) in [5, 5.41) is 21.0. The van der Waals surface area contributed by atoms with Gasteiger partial charge in [-0.3, -0.25) is 20.2 Å². The van der Waals surface area contributed by atoms with E-state index < -0.39 is 39.0 Å². The zero-order valence-electron chi connectivity index (χ0n) is 8.55. The fourth-order valence-corrected chi connectivity index (χ4v) is 1.25. The normalized spacial score (nSPS) is 13.1. The van der Waals surface area contributed by atoms with E-state index in [9.17, 15) is 33.4 Å². The van der Waals surface area contributed by atoms with Gasteiger partial charge in [-0.25, -0.2) is 0 Å². The first-order chi connectivity index (χ1) is 8.14. The summed E-state index contributed by atoms with van der Waals surface area (Å²) in [6.45, 7) is 0. The number of halogens is 3. The summed E-state index contributed by atoms with van der Waals surface area (Å²) >= 11 is 0. The van der Waals surface area contributed by atoms with Crippen molar-refractivity contribution in [1.82, 2.24) is 0 Å². The summed E-state index contributed by atoms with van der Waals surface area (Å²) in [7, 11) is 0. The summed E-state index contributed by atoms with van der Waals surface area (Å²) in [6, 6.07) is -0.835. The van der Waals surface area contributed by atoms with Crippen molar-refractivity contribution in [3.8, 4) is 0 Å². The average molecular weight is 265 g/mol. The van der Waals surface area contributed by atoms with Gasteiger partial charge in [0.05, 0.1) is 15.4 Å². The molecule has 0 aromatic heterocycles. The second-order valence-corrected chi connectivity index (χ2v) is 3.28. The molecule has 0 aliphatic heterocycles. The summed E-state index contributed by atoms with van der Waals surface area (Å²) in [5.74, 6) is 0. The summed E-state index contributed by atoms with van der Waals surface area (Å²) in [6.07, 6.45) is -4.93. The minimum Gasteiger partial charge on any atom is -0.316 e. The molecular formula is C8H6F3N3O4. The van der Waals surface area contributed by atoms with Gasteiger partial charge in [0.15, 0.2) is 0 Å². The Bertz CT molecular complexity index is 503. The van der Waals surface area contributed by atoms with Crippen LogP contribution in [0, 0.1) is 20.2 Å². The fourth-order valence-electron chi connectivity index (χ4n) is 1.25. The molecule has 98 valence electrons. The number of non-ortho nitro benzene ring substituents is 1. The SMILES string of the molecule is N[C@@H](c1cc([N+](=O)[O-])ccc1[N+](=O)[O-])C(F)(F)F. The molecular weight excluding hydrogens is 259 g/mol. The molecule has 7 nitrogen and oxygen atoms in total. The standard InChI is InChI=1S/C8H6F3N3O4/c9-8(10,11)7(12)5-3-4(13(15)16)1-2-6(5)14(17)18/h1-3,7H,12H2/t7-/m0/s1. The fraction of sp³-hybridized carbons (Fsp3) is 0.250. The topological polar surface area (TPSA) is 112 Å². The molecule has 10 heteroatoms. The van der Waals surface area contributed by atoms with Gasteiger partial charge >= 0.3 is 6.18 Å². The Morgan fingerprint density at radius 1 is 1.17 bits per heavy atom. The third-order valence-corrected chi connectivity index (χ3v) is 2.11. The van der Waals surface area contributed by atoms with Crippen molar-refractivity contribution in [3.63, 3.8) is 0 Å². The number of nitrogens with zero attached hydrogens (tertiary/aromatic N) is 2. The summed E-state index contributed by atoms with van der Waals surface area (Å²) < 4.78 is 37.2. The molecule has 0 aliphatic rings. The van der Waals surface area contributed by atoms with Gasteiger partial charge in [0, 0.05) is 18.2 Å². The van der Waals surface area contributed by atoms with Crippen LogP contribution >= 0.6 is 0 Å². The number of nitrogens with two attached hydrogens (primary N) is 1. The number of hydrogen-bond acceptors (Lipinski definition) is 5. The Kier molecular flexibility index (Phi) is 3.51. The van der Waals surface area contributed by atoms with E-state index in [1.807, 2.05) is 0 Å². The number of nitro groups is 2. The molecule has 0 amide bonds. The first-order valence-corrected chi connectivity index (χ1v) is 4.39. The van der Waals surface area contributed by atoms with Gasteiger partial charge in [-0.2, -0.15) is 13.2 Å². The lowest BCUT2D eigenvalue weighted by atomic mass is 10.0. The van der Waals surface area contributed by atoms with Crippen LogP contribution in [0.4, 0.5) is 24.5 Å². The Morgan fingerprint density at radius 2 is 1.72 bits per heavy atom. The molecule has 0 bridgehead atoms. The van der Waals surface area contributed by atoms with Gasteiger partial charge < -0.3 is 5.73 Å². The van der Waals surface area contributed by atoms with Crippen LogP contribution in [0.2, 0.25) is 0 Å². The quantitative estimate of drug-likeness (QED) is 0.663. The molecule has 18 heavy (non-hydrogen) atoms. The van der Waals surface area contributed by atoms with Crippen molar-refractivity contribution in [2.75, 3.05) is 0 Å². The van der Waals surface area contributed by atoms with Gasteiger partial charge in [-0.15, -0.1) is 0 Å². The van der Waals surface area contributed by atoms with Crippen LogP contribution in [0.5, 0.6) is 0 Å². The first-order valence-electron chi connectivity index (χ1n) is 4.39. The van der Waals surface area contributed by atoms with E-state index in [4.69, 9.17) is 5.73 Å². The van der Waals surface area contributed by atoms with Crippen molar-refractivity contribution in [3.05, 3.63) is 44.0 Å². The molecule has 1 aromatic carbocycles. The number of benzene rings is 1. The molecule has 0 unspecified atom stereocenters. The molecule has 1 rings (SSSR count). The van der Waals surface area contributed by atoms with E-state index in [1.54, 1.807) is 0 Å². The Labute approximate surface area is 97.3 Å². The monoisotopic (exact) mass is 265 g/mol. The van der Waals surface area contributed by atoms with E-state index in [1.165, 1.54) is 0 Å². The number of nitro benzene ring substituents is 2. The number of alkyl halides is 3. The average Bonchev–Trinajstić information content (AvgIpc) is 2.25. The van der Waals surface area contributed by atoms with Crippen LogP contribution in [0.25, 0.3) is 0 Å². The Balaban J connectivity index is 3.41. The van der Waals surface area contributed by atoms with Gasteiger partial charge in [0.2, 0.25) is 0 Å². The van der Waals surface area contributed by atoms with Gasteiger partial charge in [0.1, 0.15) is 6.04 Å². The van der Waals surface area contributed by atoms with Crippen LogP contribution in [0.15, 0.2) is 18.2 Å². The lowest BCUT2D eigenvalue weighted by molar-refractivity contribution is -0.390. The molecule has 0 saturated heterocycles. The highest BCUT2D eigenvalue weighted by molar-refractivity contribution is 5.50. The summed E-state index contributed by atoms with van der Waals surface area (Å²) in [4.78, 5) is 18.9. The van der Waals surface area contributed by atoms with Gasteiger partial charge in [-0.05, 0) is 0 Å². The van der Waals surface area contributed by atoms with Crippen LogP contribution in [-0.2, 0) is 0 Å². The summed E-state index contributed by atoms with van der Waals surface area (Å²) in [5.41, 5.74) is 2.27. The molecule has 0 heterocycles. The third kappa shape index (κ3) is 2.71. The molecule has 1 atom stereocenters. The van der Waals surface area contributed by atoms with E-state index >= 15 is 0 Å². The third-order valence-electron chi connectivity index (χ3n) is 2.11. The van der Waals surface area contributed by atoms with Crippen LogP contribution in [-0.4, -0.2) is 16.0 Å². The Hall–Kier alpha value is -2.23. The minimum absolute atomic E-state index is 0.455. The highest BCUT2D eigenvalue weighted by atomic mass is 19.4. The maximum absolute atomic E-state index is 12.4. The molecule has 0 aliphatic carbocycles. The lowest BCUT2D eigenvalue weighted by Crippen LogP contribution is -2.29. The van der Waals surface area contributed by atoms with Gasteiger partial charge in [0.25, 0.3) is 11.4 Å². The molecule has 1 aromatic rings. The van der Waals surface area contributed by atoms with Crippen molar-refractivity contribution >= 4 is 11.4 Å². The van der Waals surface area contributed by atoms with E-state index in [0.29, 0.717) is 12.1 Å². The largest absolute Gasteiger partial charge is 0.407 e. The van der Waals surface area contributed by atoms with E-state index in [2.05, 4.69) is 0 Å². The molecule has 0 spiro atoms. The van der Waals surface area contributed by atoms with E-state index in [-0.39, 0.29) is 0 Å². The smallest absolute Gasteiger partial charge is 0.316 e. The number of hydrogen-bond donors (Lipinski definition) is 1. The highest BCUT2D eigenvalue weighted by Gasteiger charge is 2.42. The zero-order chi connectivity index (χ0) is 14.1. The maximum atomic E-state index is 12.4. The molecule has 2 N–H and O–H groups in total. The van der Waals surface area contributed by atoms with E-state index in [0.717, 1.165) is 6.07 Å².